The third kappa shape index (κ3) is 2.98. The van der Waals surface area contributed by atoms with Crippen molar-refractivity contribution in [3.8, 4) is 11.5 Å². The average Bonchev–Trinajstić information content (AvgIpc) is 2.89. The van der Waals surface area contributed by atoms with Crippen LogP contribution in [-0.4, -0.2) is 24.6 Å². The Morgan fingerprint density at radius 2 is 2.06 bits per heavy atom. The first-order chi connectivity index (χ1) is 8.79. The van der Waals surface area contributed by atoms with Gasteiger partial charge in [0, 0.05) is 11.6 Å². The van der Waals surface area contributed by atoms with Gasteiger partial charge in [0.25, 0.3) is 0 Å². The molecule has 18 heavy (non-hydrogen) atoms. The van der Waals surface area contributed by atoms with Crippen molar-refractivity contribution in [2.45, 2.75) is 0 Å². The van der Waals surface area contributed by atoms with Gasteiger partial charge >= 0.3 is 0 Å². The summed E-state index contributed by atoms with van der Waals surface area (Å²) >= 11 is 0. The fourth-order valence-electron chi connectivity index (χ4n) is 1.31. The van der Waals surface area contributed by atoms with Crippen LogP contribution < -0.4 is 4.74 Å². The number of phenols is 1. The van der Waals surface area contributed by atoms with Gasteiger partial charge in [-0.15, -0.1) is 0 Å². The Bertz CT molecular complexity index is 560. The van der Waals surface area contributed by atoms with E-state index in [0.29, 0.717) is 17.1 Å². The zero-order chi connectivity index (χ0) is 12.8. The van der Waals surface area contributed by atoms with Crippen LogP contribution in [-0.2, 0) is 0 Å². The number of methoxy groups -OCH3 is 1. The standard InChI is InChI=1S/C13H12N2O3/c1-17-11-5-4-10(13(16)7-11)8-14-15-9-12-3-2-6-18-12/h2-9,16H,1H3/b14-8+,15-9+. The van der Waals surface area contributed by atoms with Gasteiger partial charge in [0.1, 0.15) is 17.3 Å². The van der Waals surface area contributed by atoms with Gasteiger partial charge in [-0.3, -0.25) is 0 Å². The molecule has 0 saturated heterocycles. The molecule has 0 bridgehead atoms. The van der Waals surface area contributed by atoms with Crippen LogP contribution in [0.3, 0.4) is 0 Å². The second-order valence-corrected chi connectivity index (χ2v) is 3.43. The zero-order valence-electron chi connectivity index (χ0n) is 9.78. The van der Waals surface area contributed by atoms with E-state index in [4.69, 9.17) is 9.15 Å². The van der Waals surface area contributed by atoms with Gasteiger partial charge in [-0.05, 0) is 24.3 Å². The normalized spacial score (nSPS) is 11.4. The third-order valence-electron chi connectivity index (χ3n) is 2.23. The summed E-state index contributed by atoms with van der Waals surface area (Å²) in [6.07, 6.45) is 4.49. The number of rotatable bonds is 4. The number of hydrogen-bond donors (Lipinski definition) is 1. The van der Waals surface area contributed by atoms with Gasteiger partial charge in [0.2, 0.25) is 0 Å². The molecule has 2 aromatic rings. The number of furan rings is 1. The average molecular weight is 244 g/mol. The SMILES string of the molecule is COc1ccc(/C=N/N=C/c2ccco2)c(O)c1. The summed E-state index contributed by atoms with van der Waals surface area (Å²) < 4.78 is 10.0. The highest BCUT2D eigenvalue weighted by Gasteiger charge is 1.99. The van der Waals surface area contributed by atoms with E-state index < -0.39 is 0 Å². The highest BCUT2D eigenvalue weighted by atomic mass is 16.5. The molecule has 1 aromatic carbocycles. The number of benzene rings is 1. The molecule has 0 aliphatic heterocycles. The Labute approximate surface area is 104 Å². The summed E-state index contributed by atoms with van der Waals surface area (Å²) in [5, 5.41) is 17.3. The van der Waals surface area contributed by atoms with E-state index >= 15 is 0 Å². The van der Waals surface area contributed by atoms with E-state index in [1.807, 2.05) is 0 Å². The minimum atomic E-state index is 0.0892. The number of phenolic OH excluding ortho intramolecular Hbond substituents is 1. The van der Waals surface area contributed by atoms with Crippen molar-refractivity contribution in [2.75, 3.05) is 7.11 Å². The largest absolute Gasteiger partial charge is 0.507 e. The fourth-order valence-corrected chi connectivity index (χ4v) is 1.31. The van der Waals surface area contributed by atoms with Crippen LogP contribution in [0, 0.1) is 0 Å². The Balaban J connectivity index is 2.05. The number of hydrogen-bond acceptors (Lipinski definition) is 5. The molecule has 0 unspecified atom stereocenters. The van der Waals surface area contributed by atoms with Crippen LogP contribution in [0.4, 0.5) is 0 Å². The van der Waals surface area contributed by atoms with Gasteiger partial charge < -0.3 is 14.3 Å². The molecular weight excluding hydrogens is 232 g/mol. The van der Waals surface area contributed by atoms with E-state index in [9.17, 15) is 5.11 Å². The molecule has 1 N–H and O–H groups in total. The van der Waals surface area contributed by atoms with Crippen molar-refractivity contribution in [3.05, 3.63) is 47.9 Å². The van der Waals surface area contributed by atoms with E-state index in [2.05, 4.69) is 10.2 Å². The van der Waals surface area contributed by atoms with Crippen molar-refractivity contribution in [1.29, 1.82) is 0 Å². The maximum atomic E-state index is 9.66. The summed E-state index contributed by atoms with van der Waals surface area (Å²) in [5.74, 6) is 1.29. The fraction of sp³-hybridized carbons (Fsp3) is 0.0769. The Morgan fingerprint density at radius 3 is 2.72 bits per heavy atom. The lowest BCUT2D eigenvalue weighted by Crippen LogP contribution is -1.86. The topological polar surface area (TPSA) is 67.3 Å². The highest BCUT2D eigenvalue weighted by molar-refractivity contribution is 5.84. The lowest BCUT2D eigenvalue weighted by molar-refractivity contribution is 0.407. The molecule has 0 spiro atoms. The van der Waals surface area contributed by atoms with Gasteiger partial charge in [0.05, 0.1) is 25.8 Å². The molecule has 0 aliphatic rings. The monoisotopic (exact) mass is 244 g/mol. The lowest BCUT2D eigenvalue weighted by Gasteiger charge is -2.01. The van der Waals surface area contributed by atoms with Crippen LogP contribution in [0.5, 0.6) is 11.5 Å². The van der Waals surface area contributed by atoms with Crippen LogP contribution in [0.15, 0.2) is 51.2 Å². The summed E-state index contributed by atoms with van der Waals surface area (Å²) in [6.45, 7) is 0. The maximum absolute atomic E-state index is 9.66. The second kappa shape index (κ2) is 5.67. The minimum absolute atomic E-state index is 0.0892. The molecular formula is C13H12N2O3. The molecule has 0 atom stereocenters. The molecule has 0 saturated carbocycles. The Morgan fingerprint density at radius 1 is 1.22 bits per heavy atom. The summed E-state index contributed by atoms with van der Waals surface area (Å²) in [5.41, 5.74) is 0.562. The first-order valence-electron chi connectivity index (χ1n) is 5.26. The molecule has 2 rings (SSSR count). The van der Waals surface area contributed by atoms with Crippen LogP contribution in [0.2, 0.25) is 0 Å². The lowest BCUT2D eigenvalue weighted by atomic mass is 10.2. The number of aromatic hydroxyl groups is 1. The predicted molar refractivity (Wildman–Crippen MR) is 68.6 cm³/mol. The molecule has 1 heterocycles. The van der Waals surface area contributed by atoms with Crippen molar-refractivity contribution in [2.24, 2.45) is 10.2 Å². The molecule has 92 valence electrons. The third-order valence-corrected chi connectivity index (χ3v) is 2.23. The van der Waals surface area contributed by atoms with Crippen LogP contribution in [0.25, 0.3) is 0 Å². The van der Waals surface area contributed by atoms with E-state index in [0.717, 1.165) is 0 Å². The van der Waals surface area contributed by atoms with Gasteiger partial charge in [-0.2, -0.15) is 10.2 Å². The van der Waals surface area contributed by atoms with Crippen LogP contribution >= 0.6 is 0 Å². The number of ether oxygens (including phenoxy) is 1. The van der Waals surface area contributed by atoms with Gasteiger partial charge in [-0.1, -0.05) is 0 Å². The van der Waals surface area contributed by atoms with E-state index in [1.165, 1.54) is 25.6 Å². The van der Waals surface area contributed by atoms with Crippen molar-refractivity contribution in [1.82, 2.24) is 0 Å². The summed E-state index contributed by atoms with van der Waals surface area (Å²) in [7, 11) is 1.54. The first kappa shape index (κ1) is 11.9. The van der Waals surface area contributed by atoms with Gasteiger partial charge in [-0.25, -0.2) is 0 Å². The van der Waals surface area contributed by atoms with E-state index in [-0.39, 0.29) is 5.75 Å². The molecule has 0 aliphatic carbocycles. The van der Waals surface area contributed by atoms with Crippen LogP contribution in [0.1, 0.15) is 11.3 Å². The molecule has 0 radical (unpaired) electrons. The minimum Gasteiger partial charge on any atom is -0.507 e. The maximum Gasteiger partial charge on any atom is 0.146 e. The van der Waals surface area contributed by atoms with Crippen molar-refractivity contribution >= 4 is 12.4 Å². The molecule has 0 fully saturated rings. The molecule has 5 nitrogen and oxygen atoms in total. The smallest absolute Gasteiger partial charge is 0.146 e. The predicted octanol–water partition coefficient (Wildman–Crippen LogP) is 2.45. The second-order valence-electron chi connectivity index (χ2n) is 3.43. The quantitative estimate of drug-likeness (QED) is 0.663. The van der Waals surface area contributed by atoms with E-state index in [1.54, 1.807) is 30.5 Å². The summed E-state index contributed by atoms with van der Waals surface area (Å²) in [4.78, 5) is 0. The Kier molecular flexibility index (Phi) is 3.76. The number of nitrogens with zero attached hydrogens (tertiary/aromatic N) is 2. The van der Waals surface area contributed by atoms with Gasteiger partial charge in [0.15, 0.2) is 0 Å². The molecule has 5 heteroatoms. The Hall–Kier alpha value is -2.56. The van der Waals surface area contributed by atoms with Crippen molar-refractivity contribution in [3.63, 3.8) is 0 Å². The molecule has 1 aromatic heterocycles. The highest BCUT2D eigenvalue weighted by Crippen LogP contribution is 2.21. The molecule has 0 amide bonds. The first-order valence-corrected chi connectivity index (χ1v) is 5.26. The summed E-state index contributed by atoms with van der Waals surface area (Å²) in [6, 6.07) is 8.47. The zero-order valence-corrected chi connectivity index (χ0v) is 9.78. The van der Waals surface area contributed by atoms with Crippen molar-refractivity contribution < 1.29 is 14.3 Å².